The van der Waals surface area contributed by atoms with Gasteiger partial charge in [-0.25, -0.2) is 0 Å². The fourth-order valence-electron chi connectivity index (χ4n) is 2.35. The van der Waals surface area contributed by atoms with Crippen LogP contribution in [0.3, 0.4) is 0 Å². The molecule has 0 spiro atoms. The van der Waals surface area contributed by atoms with E-state index in [1.165, 1.54) is 10.4 Å². The molecule has 1 aliphatic heterocycles. The zero-order chi connectivity index (χ0) is 13.1. The Kier molecular flexibility index (Phi) is 3.82. The predicted molar refractivity (Wildman–Crippen MR) is 76.6 cm³/mol. The molecule has 19 heavy (non-hydrogen) atoms. The van der Waals surface area contributed by atoms with E-state index in [9.17, 15) is 5.11 Å². The lowest BCUT2D eigenvalue weighted by atomic mass is 10.0. The number of aliphatic hydroxyl groups excluding tert-OH is 1. The van der Waals surface area contributed by atoms with Crippen LogP contribution < -0.4 is 10.1 Å². The van der Waals surface area contributed by atoms with Gasteiger partial charge in [0.15, 0.2) is 0 Å². The molecule has 0 amide bonds. The minimum Gasteiger partial charge on any atom is -0.493 e. The van der Waals surface area contributed by atoms with Crippen LogP contribution in [0.4, 0.5) is 0 Å². The van der Waals surface area contributed by atoms with Gasteiger partial charge in [-0.3, -0.25) is 0 Å². The third-order valence-electron chi connectivity index (χ3n) is 3.40. The van der Waals surface area contributed by atoms with E-state index in [2.05, 4.69) is 22.8 Å². The zero-order valence-electron chi connectivity index (χ0n) is 10.6. The van der Waals surface area contributed by atoms with Crippen molar-refractivity contribution in [2.45, 2.75) is 19.0 Å². The lowest BCUT2D eigenvalue weighted by Gasteiger charge is -2.17. The molecule has 2 heterocycles. The molecule has 4 heteroatoms. The van der Waals surface area contributed by atoms with Gasteiger partial charge in [-0.1, -0.05) is 18.2 Å². The highest BCUT2D eigenvalue weighted by Gasteiger charge is 2.16. The van der Waals surface area contributed by atoms with Crippen molar-refractivity contribution in [1.82, 2.24) is 5.32 Å². The summed E-state index contributed by atoms with van der Waals surface area (Å²) in [6.07, 6.45) is 0.965. The Morgan fingerprint density at radius 1 is 1.37 bits per heavy atom. The lowest BCUT2D eigenvalue weighted by Crippen LogP contribution is -2.23. The zero-order valence-corrected chi connectivity index (χ0v) is 11.5. The quantitative estimate of drug-likeness (QED) is 0.881. The number of hydrogen-bond acceptors (Lipinski definition) is 4. The van der Waals surface area contributed by atoms with Gasteiger partial charge in [0.2, 0.25) is 0 Å². The Hall–Kier alpha value is -1.36. The third-order valence-corrected chi connectivity index (χ3v) is 4.28. The molecule has 0 fully saturated rings. The van der Waals surface area contributed by atoms with E-state index < -0.39 is 0 Å². The number of fused-ring (bicyclic) bond motifs is 1. The first-order valence-corrected chi connectivity index (χ1v) is 7.37. The van der Waals surface area contributed by atoms with Crippen molar-refractivity contribution in [3.63, 3.8) is 0 Å². The second-order valence-corrected chi connectivity index (χ2v) is 5.69. The summed E-state index contributed by atoms with van der Waals surface area (Å²) in [4.78, 5) is 1.28. The predicted octanol–water partition coefficient (Wildman–Crippen LogP) is 2.51. The standard InChI is InChI=1S/C15H17NO2S/c17-10-14(16-9-13-2-1-7-19-13)11-3-4-15-12(8-11)5-6-18-15/h1-4,7-8,14,16-17H,5-6,9-10H2. The van der Waals surface area contributed by atoms with Gasteiger partial charge in [0, 0.05) is 17.8 Å². The van der Waals surface area contributed by atoms with Crippen LogP contribution in [0.2, 0.25) is 0 Å². The first kappa shape index (κ1) is 12.7. The summed E-state index contributed by atoms with van der Waals surface area (Å²) in [5.41, 5.74) is 2.37. The number of ether oxygens (including phenoxy) is 1. The van der Waals surface area contributed by atoms with E-state index in [0.29, 0.717) is 0 Å². The molecular formula is C15H17NO2S. The number of aliphatic hydroxyl groups is 1. The molecule has 1 aromatic carbocycles. The molecule has 0 saturated carbocycles. The molecule has 0 saturated heterocycles. The third kappa shape index (κ3) is 2.81. The highest BCUT2D eigenvalue weighted by atomic mass is 32.1. The van der Waals surface area contributed by atoms with E-state index >= 15 is 0 Å². The summed E-state index contributed by atoms with van der Waals surface area (Å²) >= 11 is 1.73. The maximum absolute atomic E-state index is 9.57. The first-order valence-electron chi connectivity index (χ1n) is 6.49. The van der Waals surface area contributed by atoms with Crippen LogP contribution >= 0.6 is 11.3 Å². The van der Waals surface area contributed by atoms with Gasteiger partial charge < -0.3 is 15.2 Å². The highest BCUT2D eigenvalue weighted by molar-refractivity contribution is 7.09. The van der Waals surface area contributed by atoms with Crippen LogP contribution in [-0.4, -0.2) is 18.3 Å². The van der Waals surface area contributed by atoms with Crippen LogP contribution in [0.25, 0.3) is 0 Å². The van der Waals surface area contributed by atoms with Crippen molar-refractivity contribution < 1.29 is 9.84 Å². The van der Waals surface area contributed by atoms with E-state index in [-0.39, 0.29) is 12.6 Å². The second-order valence-electron chi connectivity index (χ2n) is 4.66. The van der Waals surface area contributed by atoms with Gasteiger partial charge in [0.25, 0.3) is 0 Å². The number of nitrogens with one attached hydrogen (secondary N) is 1. The second kappa shape index (κ2) is 5.74. The van der Waals surface area contributed by atoms with Gasteiger partial charge in [0.05, 0.1) is 19.3 Å². The Bertz CT molecular complexity index is 539. The molecule has 1 atom stereocenters. The van der Waals surface area contributed by atoms with Crippen LogP contribution in [0, 0.1) is 0 Å². The summed E-state index contributed by atoms with van der Waals surface area (Å²) in [5.74, 6) is 0.985. The average molecular weight is 275 g/mol. The normalized spacial score (nSPS) is 15.0. The van der Waals surface area contributed by atoms with E-state index in [1.807, 2.05) is 18.2 Å². The molecule has 3 rings (SSSR count). The van der Waals surface area contributed by atoms with E-state index in [4.69, 9.17) is 4.74 Å². The van der Waals surface area contributed by atoms with Crippen molar-refractivity contribution >= 4 is 11.3 Å². The SMILES string of the molecule is OCC(NCc1cccs1)c1ccc2c(c1)CCO2. The molecule has 0 bridgehead atoms. The number of thiophene rings is 1. The summed E-state index contributed by atoms with van der Waals surface area (Å²) in [6, 6.07) is 10.3. The van der Waals surface area contributed by atoms with Crippen molar-refractivity contribution in [3.8, 4) is 5.75 Å². The molecule has 0 aliphatic carbocycles. The van der Waals surface area contributed by atoms with E-state index in [0.717, 1.165) is 30.9 Å². The minimum absolute atomic E-state index is 0.0204. The fraction of sp³-hybridized carbons (Fsp3) is 0.333. The summed E-state index contributed by atoms with van der Waals surface area (Å²) in [5, 5.41) is 15.0. The number of hydrogen-bond donors (Lipinski definition) is 2. The summed E-state index contributed by atoms with van der Waals surface area (Å²) in [6.45, 7) is 1.66. The molecule has 0 radical (unpaired) electrons. The smallest absolute Gasteiger partial charge is 0.122 e. The van der Waals surface area contributed by atoms with Gasteiger partial charge in [-0.2, -0.15) is 0 Å². The van der Waals surface area contributed by atoms with Gasteiger partial charge in [0.1, 0.15) is 5.75 Å². The topological polar surface area (TPSA) is 41.5 Å². The van der Waals surface area contributed by atoms with Crippen molar-refractivity contribution in [1.29, 1.82) is 0 Å². The van der Waals surface area contributed by atoms with Crippen LogP contribution in [0.15, 0.2) is 35.7 Å². The van der Waals surface area contributed by atoms with Gasteiger partial charge in [-0.15, -0.1) is 11.3 Å². The maximum Gasteiger partial charge on any atom is 0.122 e. The summed E-state index contributed by atoms with van der Waals surface area (Å²) < 4.78 is 5.50. The molecule has 1 unspecified atom stereocenters. The van der Waals surface area contributed by atoms with Crippen molar-refractivity contribution in [2.24, 2.45) is 0 Å². The molecule has 2 aromatic rings. The number of benzene rings is 1. The fourth-order valence-corrected chi connectivity index (χ4v) is 3.00. The highest BCUT2D eigenvalue weighted by Crippen LogP contribution is 2.28. The van der Waals surface area contributed by atoms with Crippen molar-refractivity contribution in [3.05, 3.63) is 51.7 Å². The van der Waals surface area contributed by atoms with Crippen LogP contribution in [0.5, 0.6) is 5.75 Å². The van der Waals surface area contributed by atoms with Gasteiger partial charge >= 0.3 is 0 Å². The molecule has 100 valence electrons. The van der Waals surface area contributed by atoms with Crippen LogP contribution in [0.1, 0.15) is 22.0 Å². The Balaban J connectivity index is 1.71. The van der Waals surface area contributed by atoms with Gasteiger partial charge in [-0.05, 0) is 28.6 Å². The molecule has 3 nitrogen and oxygen atoms in total. The molecular weight excluding hydrogens is 258 g/mol. The molecule has 1 aromatic heterocycles. The Labute approximate surface area is 116 Å². The lowest BCUT2D eigenvalue weighted by molar-refractivity contribution is 0.244. The number of rotatable bonds is 5. The molecule has 2 N–H and O–H groups in total. The maximum atomic E-state index is 9.57. The summed E-state index contributed by atoms with van der Waals surface area (Å²) in [7, 11) is 0. The minimum atomic E-state index is -0.0204. The monoisotopic (exact) mass is 275 g/mol. The average Bonchev–Trinajstić information content (AvgIpc) is 3.09. The molecule has 1 aliphatic rings. The van der Waals surface area contributed by atoms with Crippen molar-refractivity contribution in [2.75, 3.05) is 13.2 Å². The van der Waals surface area contributed by atoms with Crippen LogP contribution in [-0.2, 0) is 13.0 Å². The Morgan fingerprint density at radius 3 is 3.11 bits per heavy atom. The first-order chi connectivity index (χ1) is 9.36. The largest absolute Gasteiger partial charge is 0.493 e. The Morgan fingerprint density at radius 2 is 2.32 bits per heavy atom. The van der Waals surface area contributed by atoms with E-state index in [1.54, 1.807) is 11.3 Å².